The molecule has 2 aliphatic rings. The van der Waals surface area contributed by atoms with Gasteiger partial charge in [0.05, 0.1) is 6.04 Å². The summed E-state index contributed by atoms with van der Waals surface area (Å²) in [6, 6.07) is 10.5. The Morgan fingerprint density at radius 3 is 2.47 bits per heavy atom. The van der Waals surface area contributed by atoms with Crippen LogP contribution in [0.2, 0.25) is 0 Å². The Kier molecular flexibility index (Phi) is 5.78. The third-order valence-corrected chi connectivity index (χ3v) is 6.36. The fourth-order valence-electron chi connectivity index (χ4n) is 4.59. The van der Waals surface area contributed by atoms with Crippen molar-refractivity contribution in [1.29, 1.82) is 0 Å². The molecule has 2 aliphatic heterocycles. The standard InChI is InChI=1S/C24H33N5O/c1-16(2)23-25-17(3)14-22(26-23)28-12-10-27(11-13-28)19(5)24(30)29-18(4)15-20-8-6-7-9-21(20)29/h6-9,14,16,18-19H,10-13,15H2,1-5H3/t18-,19-/m0/s1. The molecule has 4 rings (SSSR count). The fraction of sp³-hybridized carbons (Fsp3) is 0.542. The third-order valence-electron chi connectivity index (χ3n) is 6.36. The highest BCUT2D eigenvalue weighted by atomic mass is 16.2. The Labute approximate surface area is 179 Å². The summed E-state index contributed by atoms with van der Waals surface area (Å²) in [5.74, 6) is 2.43. The number of para-hydroxylation sites is 1. The number of anilines is 2. The summed E-state index contributed by atoms with van der Waals surface area (Å²) in [5, 5.41) is 0. The molecule has 1 aromatic heterocycles. The van der Waals surface area contributed by atoms with Gasteiger partial charge in [-0.25, -0.2) is 9.97 Å². The van der Waals surface area contributed by atoms with E-state index in [1.165, 1.54) is 5.56 Å². The van der Waals surface area contributed by atoms with Gasteiger partial charge in [-0.3, -0.25) is 9.69 Å². The highest BCUT2D eigenvalue weighted by Gasteiger charge is 2.36. The average molecular weight is 408 g/mol. The molecule has 0 unspecified atom stereocenters. The van der Waals surface area contributed by atoms with E-state index in [0.29, 0.717) is 5.92 Å². The smallest absolute Gasteiger partial charge is 0.244 e. The van der Waals surface area contributed by atoms with Gasteiger partial charge in [-0.1, -0.05) is 32.0 Å². The zero-order valence-corrected chi connectivity index (χ0v) is 18.8. The molecule has 0 aliphatic carbocycles. The van der Waals surface area contributed by atoms with Gasteiger partial charge >= 0.3 is 0 Å². The summed E-state index contributed by atoms with van der Waals surface area (Å²) in [6.07, 6.45) is 0.938. The second kappa shape index (κ2) is 8.34. The van der Waals surface area contributed by atoms with Crippen molar-refractivity contribution in [2.45, 2.75) is 59.0 Å². The van der Waals surface area contributed by atoms with Crippen molar-refractivity contribution in [3.8, 4) is 0 Å². The predicted molar refractivity (Wildman–Crippen MR) is 121 cm³/mol. The summed E-state index contributed by atoms with van der Waals surface area (Å²) in [4.78, 5) is 29.4. The molecule has 0 saturated carbocycles. The van der Waals surface area contributed by atoms with Gasteiger partial charge in [-0.05, 0) is 38.8 Å². The normalized spacial score (nSPS) is 20.5. The molecular weight excluding hydrogens is 374 g/mol. The number of nitrogens with zero attached hydrogens (tertiary/aromatic N) is 5. The predicted octanol–water partition coefficient (Wildman–Crippen LogP) is 3.40. The fourth-order valence-corrected chi connectivity index (χ4v) is 4.59. The van der Waals surface area contributed by atoms with Crippen LogP contribution in [0.4, 0.5) is 11.5 Å². The van der Waals surface area contributed by atoms with Gasteiger partial charge in [0.25, 0.3) is 0 Å². The van der Waals surface area contributed by atoms with Crippen molar-refractivity contribution in [3.63, 3.8) is 0 Å². The SMILES string of the molecule is Cc1cc(N2CCN([C@@H](C)C(=O)N3c4ccccc4C[C@@H]3C)CC2)nc(C(C)C)n1. The average Bonchev–Trinajstić information content (AvgIpc) is 3.08. The van der Waals surface area contributed by atoms with E-state index in [-0.39, 0.29) is 18.0 Å². The molecule has 1 aromatic carbocycles. The number of hydrogen-bond donors (Lipinski definition) is 0. The second-order valence-electron chi connectivity index (χ2n) is 8.97. The number of hydrogen-bond acceptors (Lipinski definition) is 5. The first kappa shape index (κ1) is 20.8. The lowest BCUT2D eigenvalue weighted by Gasteiger charge is -2.39. The molecule has 1 fully saturated rings. The summed E-state index contributed by atoms with van der Waals surface area (Å²) in [5.41, 5.74) is 3.37. The maximum absolute atomic E-state index is 13.4. The molecule has 160 valence electrons. The van der Waals surface area contributed by atoms with Crippen LogP contribution in [0, 0.1) is 6.92 Å². The Bertz CT molecular complexity index is 920. The monoisotopic (exact) mass is 407 g/mol. The molecule has 6 nitrogen and oxygen atoms in total. The number of aromatic nitrogens is 2. The molecule has 1 saturated heterocycles. The van der Waals surface area contributed by atoms with Gasteiger partial charge in [0.15, 0.2) is 0 Å². The van der Waals surface area contributed by atoms with Gasteiger partial charge in [0.2, 0.25) is 5.91 Å². The van der Waals surface area contributed by atoms with Crippen LogP contribution in [0.3, 0.4) is 0 Å². The van der Waals surface area contributed by atoms with E-state index in [1.54, 1.807) is 0 Å². The quantitative estimate of drug-likeness (QED) is 0.778. The molecule has 1 amide bonds. The Morgan fingerprint density at radius 2 is 1.77 bits per heavy atom. The number of aryl methyl sites for hydroxylation is 1. The first-order chi connectivity index (χ1) is 14.3. The number of carbonyl (C=O) groups is 1. The molecule has 3 heterocycles. The summed E-state index contributed by atoms with van der Waals surface area (Å²) >= 11 is 0. The Balaban J connectivity index is 1.43. The Morgan fingerprint density at radius 1 is 1.07 bits per heavy atom. The molecule has 6 heteroatoms. The molecule has 0 bridgehead atoms. The van der Waals surface area contributed by atoms with Crippen LogP contribution in [-0.2, 0) is 11.2 Å². The van der Waals surface area contributed by atoms with Gasteiger partial charge < -0.3 is 9.80 Å². The van der Waals surface area contributed by atoms with Gasteiger partial charge in [0, 0.05) is 55.6 Å². The molecular formula is C24H33N5O. The summed E-state index contributed by atoms with van der Waals surface area (Å²) in [7, 11) is 0. The number of amides is 1. The number of benzene rings is 1. The lowest BCUT2D eigenvalue weighted by Crippen LogP contribution is -2.55. The molecule has 0 N–H and O–H groups in total. The van der Waals surface area contributed by atoms with E-state index in [0.717, 1.165) is 55.6 Å². The van der Waals surface area contributed by atoms with Crippen molar-refractivity contribution in [2.75, 3.05) is 36.0 Å². The van der Waals surface area contributed by atoms with Crippen molar-refractivity contribution >= 4 is 17.4 Å². The lowest BCUT2D eigenvalue weighted by molar-refractivity contribution is -0.123. The van der Waals surface area contributed by atoms with E-state index in [9.17, 15) is 4.79 Å². The Hall–Kier alpha value is -2.47. The van der Waals surface area contributed by atoms with Gasteiger partial charge in [0.1, 0.15) is 11.6 Å². The second-order valence-corrected chi connectivity index (χ2v) is 8.97. The first-order valence-electron chi connectivity index (χ1n) is 11.1. The van der Waals surface area contributed by atoms with Crippen LogP contribution in [-0.4, -0.2) is 59.0 Å². The number of piperazine rings is 1. The largest absolute Gasteiger partial charge is 0.354 e. The van der Waals surface area contributed by atoms with Crippen molar-refractivity contribution in [1.82, 2.24) is 14.9 Å². The van der Waals surface area contributed by atoms with Crippen LogP contribution < -0.4 is 9.80 Å². The van der Waals surface area contributed by atoms with Crippen molar-refractivity contribution < 1.29 is 4.79 Å². The molecule has 0 radical (unpaired) electrons. The minimum Gasteiger partial charge on any atom is -0.354 e. The molecule has 2 aromatic rings. The maximum Gasteiger partial charge on any atom is 0.244 e. The lowest BCUT2D eigenvalue weighted by atomic mass is 10.1. The number of rotatable bonds is 4. The van der Waals surface area contributed by atoms with Crippen LogP contribution in [0.15, 0.2) is 30.3 Å². The third kappa shape index (κ3) is 3.93. The van der Waals surface area contributed by atoms with E-state index in [1.807, 2.05) is 17.9 Å². The molecule has 0 spiro atoms. The van der Waals surface area contributed by atoms with Crippen molar-refractivity contribution in [2.24, 2.45) is 0 Å². The molecule has 30 heavy (non-hydrogen) atoms. The van der Waals surface area contributed by atoms with E-state index < -0.39 is 0 Å². The topological polar surface area (TPSA) is 52.6 Å². The zero-order valence-electron chi connectivity index (χ0n) is 18.8. The first-order valence-corrected chi connectivity index (χ1v) is 11.1. The summed E-state index contributed by atoms with van der Waals surface area (Å²) < 4.78 is 0. The summed E-state index contributed by atoms with van der Waals surface area (Å²) in [6.45, 7) is 13.9. The van der Waals surface area contributed by atoms with Crippen molar-refractivity contribution in [3.05, 3.63) is 47.4 Å². The maximum atomic E-state index is 13.4. The van der Waals surface area contributed by atoms with E-state index in [4.69, 9.17) is 4.98 Å². The zero-order chi connectivity index (χ0) is 21.4. The number of fused-ring (bicyclic) bond motifs is 1. The van der Waals surface area contributed by atoms with E-state index in [2.05, 4.69) is 66.7 Å². The van der Waals surface area contributed by atoms with Crippen LogP contribution >= 0.6 is 0 Å². The minimum absolute atomic E-state index is 0.126. The van der Waals surface area contributed by atoms with Crippen LogP contribution in [0.25, 0.3) is 0 Å². The molecule has 2 atom stereocenters. The van der Waals surface area contributed by atoms with Crippen LogP contribution in [0.5, 0.6) is 0 Å². The van der Waals surface area contributed by atoms with Gasteiger partial charge in [-0.15, -0.1) is 0 Å². The van der Waals surface area contributed by atoms with Gasteiger partial charge in [-0.2, -0.15) is 0 Å². The van der Waals surface area contributed by atoms with Crippen LogP contribution in [0.1, 0.15) is 50.7 Å². The van der Waals surface area contributed by atoms with E-state index >= 15 is 0 Å². The highest BCUT2D eigenvalue weighted by molar-refractivity contribution is 5.99. The number of carbonyl (C=O) groups excluding carboxylic acids is 1. The highest BCUT2D eigenvalue weighted by Crippen LogP contribution is 2.33. The minimum atomic E-state index is -0.126.